The molecule has 0 saturated heterocycles. The molecule has 10 nitrogen and oxygen atoms in total. The van der Waals surface area contributed by atoms with E-state index in [1.54, 1.807) is 20.2 Å². The van der Waals surface area contributed by atoms with Crippen LogP contribution in [0.4, 0.5) is 5.69 Å². The highest BCUT2D eigenvalue weighted by Gasteiger charge is 2.63. The van der Waals surface area contributed by atoms with E-state index in [1.807, 2.05) is 25.9 Å². The van der Waals surface area contributed by atoms with Gasteiger partial charge in [-0.05, 0) is 50.9 Å². The minimum absolute atomic E-state index is 0.0396. The number of unbranched alkanes of at least 4 members (excludes halogenated alkanes) is 2. The molecule has 0 unspecified atom stereocenters. The molecule has 10 heteroatoms. The fourth-order valence-electron chi connectivity index (χ4n) is 6.22. The second-order valence-electron chi connectivity index (χ2n) is 10.9. The third-order valence-corrected chi connectivity index (χ3v) is 8.06. The van der Waals surface area contributed by atoms with Crippen LogP contribution in [0.25, 0.3) is 0 Å². The summed E-state index contributed by atoms with van der Waals surface area (Å²) in [6, 6.07) is 0.701. The number of hydrogen-bond acceptors (Lipinski definition) is 9. The van der Waals surface area contributed by atoms with Crippen LogP contribution in [-0.2, 0) is 16.0 Å². The lowest BCUT2D eigenvalue weighted by Gasteiger charge is -2.50. The summed E-state index contributed by atoms with van der Waals surface area (Å²) in [4.78, 5) is 42.9. The lowest BCUT2D eigenvalue weighted by Crippen LogP contribution is -2.63. The van der Waals surface area contributed by atoms with Crippen molar-refractivity contribution in [3.05, 3.63) is 45.4 Å². The number of likely N-dealkylation sites (N-methyl/N-ethyl adjacent to an activating group) is 1. The summed E-state index contributed by atoms with van der Waals surface area (Å²) in [5.74, 6) is -0.768. The van der Waals surface area contributed by atoms with Crippen molar-refractivity contribution < 1.29 is 34.8 Å². The Kier molecular flexibility index (Phi) is 7.27. The third kappa shape index (κ3) is 4.17. The maximum atomic E-state index is 14.0. The standard InChI is InChI=1S/C29H35N3O7/c1-6-7-8-9-10-14-13-18(31(2)3)16-11-15-12-17-22(32(4)5)25(35)21(28(30)38)27(37)29(17,39)26(36)19(15)24(34)20(16)23(14)33/h13,15,17,22,33,35-36,39H,6-8,11-12H2,1-5H3,(H2,30,38)/t15-,17-,22-,29-/m1/s1. The zero-order valence-electron chi connectivity index (χ0n) is 22.8. The molecule has 6 N–H and O–H groups in total. The second-order valence-corrected chi connectivity index (χ2v) is 10.9. The van der Waals surface area contributed by atoms with Gasteiger partial charge in [-0.3, -0.25) is 19.3 Å². The molecule has 0 radical (unpaired) electrons. The van der Waals surface area contributed by atoms with Gasteiger partial charge in [0.05, 0.1) is 17.2 Å². The molecule has 1 aromatic carbocycles. The quantitative estimate of drug-likeness (QED) is 0.214. The predicted octanol–water partition coefficient (Wildman–Crippen LogP) is 1.73. The lowest BCUT2D eigenvalue weighted by atomic mass is 9.58. The largest absolute Gasteiger partial charge is 0.510 e. The molecule has 3 aliphatic rings. The van der Waals surface area contributed by atoms with Gasteiger partial charge in [0.2, 0.25) is 5.78 Å². The van der Waals surface area contributed by atoms with E-state index in [2.05, 4.69) is 11.8 Å². The molecule has 4 atom stereocenters. The first kappa shape index (κ1) is 28.2. The number of anilines is 1. The average molecular weight is 538 g/mol. The lowest BCUT2D eigenvalue weighted by molar-refractivity contribution is -0.148. The molecule has 1 amide bonds. The number of amides is 1. The van der Waals surface area contributed by atoms with Gasteiger partial charge in [0.1, 0.15) is 22.8 Å². The topological polar surface area (TPSA) is 165 Å². The number of aliphatic hydroxyl groups is 3. The van der Waals surface area contributed by atoms with E-state index in [4.69, 9.17) is 5.73 Å². The molecular formula is C29H35N3O7. The van der Waals surface area contributed by atoms with E-state index in [9.17, 15) is 34.8 Å². The molecule has 0 fully saturated rings. The number of carbonyl (C=O) groups excluding carboxylic acids is 3. The highest BCUT2D eigenvalue weighted by atomic mass is 16.3. The molecule has 3 aliphatic carbocycles. The molecule has 0 aromatic heterocycles. The van der Waals surface area contributed by atoms with E-state index >= 15 is 0 Å². The number of aliphatic hydroxyl groups excluding tert-OH is 2. The molecule has 0 saturated carbocycles. The first-order chi connectivity index (χ1) is 18.3. The van der Waals surface area contributed by atoms with Crippen LogP contribution in [-0.4, -0.2) is 82.6 Å². The number of nitrogens with zero attached hydrogens (tertiary/aromatic N) is 2. The highest BCUT2D eigenvalue weighted by molar-refractivity contribution is 6.25. The van der Waals surface area contributed by atoms with Crippen molar-refractivity contribution in [3.63, 3.8) is 0 Å². The van der Waals surface area contributed by atoms with Crippen molar-refractivity contribution >= 4 is 23.2 Å². The van der Waals surface area contributed by atoms with Gasteiger partial charge >= 0.3 is 0 Å². The zero-order valence-corrected chi connectivity index (χ0v) is 22.8. The van der Waals surface area contributed by atoms with Gasteiger partial charge in [-0.1, -0.05) is 25.2 Å². The van der Waals surface area contributed by atoms with E-state index in [0.29, 0.717) is 17.7 Å². The number of fused-ring (bicyclic) bond motifs is 3. The van der Waals surface area contributed by atoms with Gasteiger partial charge in [-0.25, -0.2) is 0 Å². The van der Waals surface area contributed by atoms with Crippen LogP contribution in [0.15, 0.2) is 28.7 Å². The van der Waals surface area contributed by atoms with Crippen molar-refractivity contribution in [1.29, 1.82) is 0 Å². The van der Waals surface area contributed by atoms with Crippen molar-refractivity contribution in [2.24, 2.45) is 17.6 Å². The number of rotatable bonds is 5. The highest BCUT2D eigenvalue weighted by Crippen LogP contribution is 2.53. The number of phenolic OH excluding ortho intramolecular Hbond substituents is 1. The van der Waals surface area contributed by atoms with Gasteiger partial charge in [-0.2, -0.15) is 0 Å². The molecule has 0 bridgehead atoms. The van der Waals surface area contributed by atoms with Crippen molar-refractivity contribution in [2.45, 2.75) is 50.7 Å². The summed E-state index contributed by atoms with van der Waals surface area (Å²) in [5, 5.41) is 45.2. The molecule has 1 aromatic rings. The third-order valence-electron chi connectivity index (χ3n) is 8.06. The number of Topliss-reactive ketones (excluding diaryl/α,β-unsaturated/α-hetero) is 2. The van der Waals surface area contributed by atoms with Gasteiger partial charge in [0.25, 0.3) is 5.91 Å². The van der Waals surface area contributed by atoms with Crippen LogP contribution in [0.3, 0.4) is 0 Å². The smallest absolute Gasteiger partial charge is 0.255 e. The van der Waals surface area contributed by atoms with E-state index in [1.165, 1.54) is 4.90 Å². The number of primary amides is 1. The number of ketones is 2. The first-order valence-corrected chi connectivity index (χ1v) is 13.0. The van der Waals surface area contributed by atoms with Crippen molar-refractivity contribution in [3.8, 4) is 17.6 Å². The van der Waals surface area contributed by atoms with Gasteiger partial charge < -0.3 is 31.1 Å². The first-order valence-electron chi connectivity index (χ1n) is 13.0. The van der Waals surface area contributed by atoms with E-state index < -0.39 is 58.0 Å². The number of nitrogens with two attached hydrogens (primary N) is 1. The van der Waals surface area contributed by atoms with Crippen LogP contribution in [0.5, 0.6) is 5.75 Å². The number of hydrogen-bond donors (Lipinski definition) is 5. The number of benzene rings is 1. The Morgan fingerprint density at radius 3 is 2.41 bits per heavy atom. The average Bonchev–Trinajstić information content (AvgIpc) is 2.84. The maximum Gasteiger partial charge on any atom is 0.255 e. The Bertz CT molecular complexity index is 1400. The van der Waals surface area contributed by atoms with E-state index in [-0.39, 0.29) is 35.3 Å². The molecule has 39 heavy (non-hydrogen) atoms. The van der Waals surface area contributed by atoms with Gasteiger partial charge in [-0.15, -0.1) is 0 Å². The van der Waals surface area contributed by atoms with Crippen LogP contribution < -0.4 is 10.6 Å². The summed E-state index contributed by atoms with van der Waals surface area (Å²) in [7, 11) is 6.81. The molecule has 208 valence electrons. The summed E-state index contributed by atoms with van der Waals surface area (Å²) in [6.45, 7) is 2.04. The minimum Gasteiger partial charge on any atom is -0.510 e. The molecule has 4 rings (SSSR count). The summed E-state index contributed by atoms with van der Waals surface area (Å²) >= 11 is 0. The summed E-state index contributed by atoms with van der Waals surface area (Å²) < 4.78 is 0. The number of phenols is 1. The van der Waals surface area contributed by atoms with E-state index in [0.717, 1.165) is 12.8 Å². The summed E-state index contributed by atoms with van der Waals surface area (Å²) in [6.07, 6.45) is 2.73. The SMILES string of the molecule is CCCCC#Cc1cc(N(C)C)c2c(c1O)C(=O)C1=C(O)[C@@]3(O)C(=O)C(C(N)=O)=C(O)[C@H](N(C)C)[C@H]3C[C@H]1C2. The Hall–Kier alpha value is -3.81. The van der Waals surface area contributed by atoms with Crippen LogP contribution >= 0.6 is 0 Å². The zero-order chi connectivity index (χ0) is 29.0. The Balaban J connectivity index is 1.94. The number of allylic oxidation sites excluding steroid dienone is 1. The van der Waals surface area contributed by atoms with Crippen LogP contribution in [0.1, 0.15) is 54.1 Å². The minimum atomic E-state index is -2.66. The number of carbonyl (C=O) groups is 3. The molecule has 0 spiro atoms. The predicted molar refractivity (Wildman–Crippen MR) is 144 cm³/mol. The van der Waals surface area contributed by atoms with Crippen LogP contribution in [0.2, 0.25) is 0 Å². The Morgan fingerprint density at radius 2 is 1.85 bits per heavy atom. The number of aromatic hydroxyl groups is 1. The maximum absolute atomic E-state index is 14.0. The second kappa shape index (κ2) is 10.1. The fourth-order valence-corrected chi connectivity index (χ4v) is 6.22. The van der Waals surface area contributed by atoms with Gasteiger partial charge in [0, 0.05) is 37.7 Å². The Labute approximate surface area is 227 Å². The van der Waals surface area contributed by atoms with Crippen molar-refractivity contribution in [1.82, 2.24) is 4.90 Å². The van der Waals surface area contributed by atoms with Crippen molar-refractivity contribution in [2.75, 3.05) is 33.1 Å². The normalized spacial score (nSPS) is 26.1. The molecular weight excluding hydrogens is 502 g/mol. The molecule has 0 heterocycles. The summed E-state index contributed by atoms with van der Waals surface area (Å²) in [5.41, 5.74) is 3.16. The molecule has 0 aliphatic heterocycles. The fraction of sp³-hybridized carbons (Fsp3) is 0.483. The van der Waals surface area contributed by atoms with Gasteiger partial charge in [0.15, 0.2) is 11.4 Å². The Morgan fingerprint density at radius 1 is 1.18 bits per heavy atom. The monoisotopic (exact) mass is 537 g/mol. The van der Waals surface area contributed by atoms with Crippen LogP contribution in [0, 0.1) is 23.7 Å².